The van der Waals surface area contributed by atoms with Crippen molar-refractivity contribution in [1.82, 2.24) is 5.01 Å². The van der Waals surface area contributed by atoms with Crippen molar-refractivity contribution in [2.45, 2.75) is 26.4 Å². The summed E-state index contributed by atoms with van der Waals surface area (Å²) in [5.41, 5.74) is 0.961. The minimum atomic E-state index is -0.531. The zero-order chi connectivity index (χ0) is 22.0. The lowest BCUT2D eigenvalue weighted by atomic mass is 10.1. The van der Waals surface area contributed by atoms with Gasteiger partial charge in [-0.1, -0.05) is 36.7 Å². The van der Waals surface area contributed by atoms with E-state index in [1.54, 1.807) is 36.4 Å². The topological polar surface area (TPSA) is 78.1 Å². The van der Waals surface area contributed by atoms with E-state index in [1.807, 2.05) is 6.92 Å². The van der Waals surface area contributed by atoms with Crippen molar-refractivity contribution in [3.63, 3.8) is 0 Å². The maximum absolute atomic E-state index is 13.9. The summed E-state index contributed by atoms with van der Waals surface area (Å²) in [5.74, 6) is -0.554. The Morgan fingerprint density at radius 2 is 2.10 bits per heavy atom. The van der Waals surface area contributed by atoms with Crippen LogP contribution >= 0.6 is 23.4 Å². The Bertz CT molecular complexity index is 1160. The van der Waals surface area contributed by atoms with E-state index in [4.69, 9.17) is 21.7 Å². The molecule has 0 atom stereocenters. The van der Waals surface area contributed by atoms with Gasteiger partial charge < -0.3 is 4.74 Å². The van der Waals surface area contributed by atoms with Gasteiger partial charge in [0.1, 0.15) is 23.2 Å². The molecule has 0 aliphatic carbocycles. The molecule has 2 aromatic carbocycles. The predicted octanol–water partition coefficient (Wildman–Crippen LogP) is 5.48. The number of hydrogen-bond acceptors (Lipinski definition) is 5. The molecule has 31 heavy (non-hydrogen) atoms. The van der Waals surface area contributed by atoms with Gasteiger partial charge in [-0.05, 0) is 54.9 Å². The largest absolute Gasteiger partial charge is 0.488 e. The maximum atomic E-state index is 13.9. The highest BCUT2D eigenvalue weighted by atomic mass is 35.5. The number of fused-ring (bicyclic) bond motifs is 1. The molecule has 0 fully saturated rings. The van der Waals surface area contributed by atoms with Gasteiger partial charge in [-0.2, -0.15) is 15.1 Å². The van der Waals surface area contributed by atoms with E-state index in [0.29, 0.717) is 27.1 Å². The van der Waals surface area contributed by atoms with Crippen LogP contribution in [-0.2, 0) is 11.4 Å². The third-order valence-electron chi connectivity index (χ3n) is 4.57. The van der Waals surface area contributed by atoms with Crippen molar-refractivity contribution in [1.29, 1.82) is 5.41 Å². The van der Waals surface area contributed by atoms with Gasteiger partial charge >= 0.3 is 0 Å². The monoisotopic (exact) mass is 456 g/mol. The number of amidine groups is 2. The number of hydrazone groups is 1. The van der Waals surface area contributed by atoms with Gasteiger partial charge in [-0.3, -0.25) is 10.2 Å². The molecular weight excluding hydrogens is 439 g/mol. The van der Waals surface area contributed by atoms with E-state index in [9.17, 15) is 9.18 Å². The number of aliphatic imine (C=N–C) groups is 1. The predicted molar refractivity (Wildman–Crippen MR) is 122 cm³/mol. The number of carbonyl (C=O) groups excluding carboxylic acids is 1. The molecule has 6 nitrogen and oxygen atoms in total. The van der Waals surface area contributed by atoms with Crippen LogP contribution in [0.3, 0.4) is 0 Å². The van der Waals surface area contributed by atoms with E-state index in [2.05, 4.69) is 10.1 Å². The molecule has 4 rings (SSSR count). The summed E-state index contributed by atoms with van der Waals surface area (Å²) in [4.78, 5) is 16.7. The summed E-state index contributed by atoms with van der Waals surface area (Å²) in [6, 6.07) is 11.2. The molecule has 0 saturated heterocycles. The smallest absolute Gasteiger partial charge is 0.283 e. The molecule has 2 aliphatic heterocycles. The Morgan fingerprint density at radius 3 is 2.87 bits per heavy atom. The Labute approximate surface area is 188 Å². The van der Waals surface area contributed by atoms with Crippen molar-refractivity contribution in [3.05, 3.63) is 70.0 Å². The van der Waals surface area contributed by atoms with Gasteiger partial charge in [0.25, 0.3) is 5.91 Å². The van der Waals surface area contributed by atoms with E-state index >= 15 is 0 Å². The first-order chi connectivity index (χ1) is 15.0. The van der Waals surface area contributed by atoms with Crippen LogP contribution in [0.15, 0.2) is 58.1 Å². The third kappa shape index (κ3) is 4.55. The number of halogens is 2. The molecule has 0 aromatic heterocycles. The summed E-state index contributed by atoms with van der Waals surface area (Å²) >= 11 is 7.45. The molecule has 0 bridgehead atoms. The van der Waals surface area contributed by atoms with Gasteiger partial charge in [0, 0.05) is 16.1 Å². The standard InChI is InChI=1S/C22H18ClFN4O2S/c1-2-5-19-27-28-20(25)16(21(29)26-22(28)31-19)11-14-10-15(23)8-9-18(14)30-12-13-6-3-4-7-17(13)24/h3-4,6-11,25H,2,5,12H2,1H3. The summed E-state index contributed by atoms with van der Waals surface area (Å²) in [6.45, 7) is 2.04. The van der Waals surface area contributed by atoms with Crippen LogP contribution in [0, 0.1) is 11.2 Å². The quantitative estimate of drug-likeness (QED) is 0.584. The van der Waals surface area contributed by atoms with E-state index in [1.165, 1.54) is 28.9 Å². The minimum Gasteiger partial charge on any atom is -0.488 e. The van der Waals surface area contributed by atoms with Crippen LogP contribution in [-0.4, -0.2) is 27.0 Å². The normalized spacial score (nSPS) is 17.0. The first-order valence-corrected chi connectivity index (χ1v) is 10.8. The SMILES string of the molecule is CCCC1=NN2C(=N)C(=Cc3cc(Cl)ccc3OCc3ccccc3F)C(=O)N=C2S1. The fraction of sp³-hybridized carbons (Fsp3) is 0.182. The molecule has 2 heterocycles. The van der Waals surface area contributed by atoms with Crippen LogP contribution < -0.4 is 4.74 Å². The van der Waals surface area contributed by atoms with E-state index < -0.39 is 5.91 Å². The number of thioether (sulfide) groups is 1. The molecule has 1 N–H and O–H groups in total. The summed E-state index contributed by atoms with van der Waals surface area (Å²) in [5, 5.41) is 15.9. The second-order valence-electron chi connectivity index (χ2n) is 6.83. The first kappa shape index (κ1) is 21.3. The maximum Gasteiger partial charge on any atom is 0.283 e. The zero-order valence-corrected chi connectivity index (χ0v) is 18.1. The van der Waals surface area contributed by atoms with Gasteiger partial charge in [0.2, 0.25) is 5.17 Å². The number of hydrogen-bond donors (Lipinski definition) is 1. The number of nitrogens with one attached hydrogen (secondary N) is 1. The summed E-state index contributed by atoms with van der Waals surface area (Å²) in [7, 11) is 0. The number of nitrogens with zero attached hydrogens (tertiary/aromatic N) is 3. The van der Waals surface area contributed by atoms with E-state index in [0.717, 1.165) is 17.9 Å². The number of ether oxygens (including phenoxy) is 1. The van der Waals surface area contributed by atoms with Crippen LogP contribution in [0.4, 0.5) is 4.39 Å². The van der Waals surface area contributed by atoms with Crippen molar-refractivity contribution in [3.8, 4) is 5.75 Å². The second-order valence-corrected chi connectivity index (χ2v) is 8.30. The molecule has 2 aliphatic rings. The molecule has 158 valence electrons. The van der Waals surface area contributed by atoms with Crippen molar-refractivity contribution >= 4 is 51.4 Å². The molecular formula is C22H18ClFN4O2S. The number of amides is 1. The molecule has 0 saturated carbocycles. The van der Waals surface area contributed by atoms with Crippen molar-refractivity contribution < 1.29 is 13.9 Å². The Balaban J connectivity index is 1.64. The molecule has 0 radical (unpaired) electrons. The minimum absolute atomic E-state index is 0.00556. The van der Waals surface area contributed by atoms with Crippen LogP contribution in [0.25, 0.3) is 6.08 Å². The number of carbonyl (C=O) groups is 1. The molecule has 1 amide bonds. The zero-order valence-electron chi connectivity index (χ0n) is 16.6. The average Bonchev–Trinajstić information content (AvgIpc) is 3.14. The van der Waals surface area contributed by atoms with Gasteiger partial charge in [0.15, 0.2) is 5.84 Å². The summed E-state index contributed by atoms with van der Waals surface area (Å²) in [6.07, 6.45) is 3.16. The first-order valence-electron chi connectivity index (χ1n) is 9.61. The van der Waals surface area contributed by atoms with Crippen molar-refractivity contribution in [2.75, 3.05) is 0 Å². The molecule has 9 heteroatoms. The van der Waals surface area contributed by atoms with Gasteiger partial charge in [-0.15, -0.1) is 0 Å². The highest BCUT2D eigenvalue weighted by Crippen LogP contribution is 2.32. The highest BCUT2D eigenvalue weighted by molar-refractivity contribution is 8.26. The van der Waals surface area contributed by atoms with Crippen LogP contribution in [0.2, 0.25) is 5.02 Å². The molecule has 2 aromatic rings. The Kier molecular flexibility index (Phi) is 6.20. The summed E-state index contributed by atoms with van der Waals surface area (Å²) < 4.78 is 19.7. The number of benzene rings is 2. The average molecular weight is 457 g/mol. The highest BCUT2D eigenvalue weighted by Gasteiger charge is 2.35. The lowest BCUT2D eigenvalue weighted by Gasteiger charge is -2.20. The van der Waals surface area contributed by atoms with Gasteiger partial charge in [-0.25, -0.2) is 4.39 Å². The molecule has 0 spiro atoms. The van der Waals surface area contributed by atoms with Crippen LogP contribution in [0.5, 0.6) is 5.75 Å². The van der Waals surface area contributed by atoms with E-state index in [-0.39, 0.29) is 23.8 Å². The number of rotatable bonds is 6. The molecule has 0 unspecified atom stereocenters. The second kappa shape index (κ2) is 9.03. The van der Waals surface area contributed by atoms with Gasteiger partial charge in [0.05, 0.1) is 5.57 Å². The fourth-order valence-electron chi connectivity index (χ4n) is 3.04. The third-order valence-corrected chi connectivity index (χ3v) is 5.78. The van der Waals surface area contributed by atoms with Crippen molar-refractivity contribution in [2.24, 2.45) is 10.1 Å². The lowest BCUT2D eigenvalue weighted by molar-refractivity contribution is -0.114. The lowest BCUT2D eigenvalue weighted by Crippen LogP contribution is -2.35. The fourth-order valence-corrected chi connectivity index (χ4v) is 4.20. The van der Waals surface area contributed by atoms with Crippen LogP contribution in [0.1, 0.15) is 30.9 Å². The Hall–Kier alpha value is -2.97. The Morgan fingerprint density at radius 1 is 1.29 bits per heavy atom.